The Labute approximate surface area is 390 Å². The van der Waals surface area contributed by atoms with Crippen molar-refractivity contribution >= 4 is 68.3 Å². The molecule has 4 aliphatic rings. The molecule has 1 amide bonds. The van der Waals surface area contributed by atoms with Gasteiger partial charge in [0.1, 0.15) is 41.0 Å². The number of carbonyl (C=O) groups excluding carboxylic acids is 3. The minimum absolute atomic E-state index is 0.00734. The first-order valence-corrected chi connectivity index (χ1v) is 26.2. The number of anilines is 1. The maximum atomic E-state index is 15.0. The second-order valence-electron chi connectivity index (χ2n) is 18.3. The van der Waals surface area contributed by atoms with Crippen LogP contribution in [-0.2, 0) is 29.8 Å². The highest BCUT2D eigenvalue weighted by Gasteiger charge is 2.65. The molecule has 2 aromatic carbocycles. The summed E-state index contributed by atoms with van der Waals surface area (Å²) in [6, 6.07) is 7.77. The Morgan fingerprint density at radius 3 is 2.52 bits per heavy atom. The van der Waals surface area contributed by atoms with Crippen LogP contribution in [0.5, 0.6) is 11.5 Å². The van der Waals surface area contributed by atoms with E-state index in [2.05, 4.69) is 21.2 Å². The van der Waals surface area contributed by atoms with E-state index in [0.29, 0.717) is 57.5 Å². The van der Waals surface area contributed by atoms with Crippen molar-refractivity contribution in [2.45, 2.75) is 133 Å². The predicted octanol–water partition coefficient (Wildman–Crippen LogP) is 10.8. The quantitative estimate of drug-likeness (QED) is 0.0791. The molecule has 17 heteroatoms. The first kappa shape index (κ1) is 47.3. The van der Waals surface area contributed by atoms with E-state index in [0.717, 1.165) is 55.8 Å². The Hall–Kier alpha value is -4.24. The van der Waals surface area contributed by atoms with Gasteiger partial charge in [0.25, 0.3) is 0 Å². The van der Waals surface area contributed by atoms with Crippen LogP contribution in [0.1, 0.15) is 103 Å². The highest BCUT2D eigenvalue weighted by atomic mass is 79.9. The second kappa shape index (κ2) is 19.9. The van der Waals surface area contributed by atoms with E-state index in [1.807, 2.05) is 37.4 Å². The fourth-order valence-electron chi connectivity index (χ4n) is 9.76. The van der Waals surface area contributed by atoms with Gasteiger partial charge in [-0.15, -0.1) is 11.3 Å². The highest BCUT2D eigenvalue weighted by Crippen LogP contribution is 2.74. The van der Waals surface area contributed by atoms with E-state index in [-0.39, 0.29) is 43.9 Å². The predicted molar refractivity (Wildman–Crippen MR) is 249 cm³/mol. The van der Waals surface area contributed by atoms with Crippen LogP contribution in [0.2, 0.25) is 0 Å². The summed E-state index contributed by atoms with van der Waals surface area (Å²) in [6.45, 7) is 4.04. The van der Waals surface area contributed by atoms with Crippen molar-refractivity contribution in [3.8, 4) is 22.9 Å². The van der Waals surface area contributed by atoms with Gasteiger partial charge in [-0.05, 0) is 111 Å². The van der Waals surface area contributed by atoms with E-state index >= 15 is 0 Å². The van der Waals surface area contributed by atoms with Gasteiger partial charge in [-0.3, -0.25) is 18.9 Å². The molecule has 0 bridgehead atoms. The minimum Gasteiger partial charge on any atom is -0.495 e. The van der Waals surface area contributed by atoms with Gasteiger partial charge in [-0.1, -0.05) is 31.1 Å². The molecule has 0 spiro atoms. The normalized spacial score (nSPS) is 25.6. The largest absolute Gasteiger partial charge is 0.495 e. The third kappa shape index (κ3) is 10.4. The van der Waals surface area contributed by atoms with Crippen LogP contribution in [0.4, 0.5) is 13.9 Å². The van der Waals surface area contributed by atoms with E-state index in [4.69, 9.17) is 24.2 Å². The molecule has 2 aromatic heterocycles. The number of rotatable bonds is 12. The maximum absolute atomic E-state index is 15.0. The average Bonchev–Trinajstić information content (AvgIpc) is 3.68. The molecular weight excluding hydrogens is 941 g/mol. The van der Waals surface area contributed by atoms with Crippen LogP contribution in [0.15, 0.2) is 58.4 Å². The molecule has 2 aliphatic carbocycles. The molecule has 2 aliphatic heterocycles. The molecule has 6 atom stereocenters. The topological polar surface area (TPSA) is 157 Å². The van der Waals surface area contributed by atoms with Gasteiger partial charge in [0, 0.05) is 47.2 Å². The zero-order valence-electron chi connectivity index (χ0n) is 36.9. The van der Waals surface area contributed by atoms with Gasteiger partial charge < -0.3 is 29.3 Å². The number of thiazole rings is 1. The molecule has 4 heterocycles. The van der Waals surface area contributed by atoms with Crippen LogP contribution in [-0.4, -0.2) is 80.5 Å². The number of ether oxygens (including phenoxy) is 3. The third-order valence-corrected chi connectivity index (χ3v) is 17.7. The summed E-state index contributed by atoms with van der Waals surface area (Å²) in [6.07, 6.45) is 8.62. The van der Waals surface area contributed by atoms with Crippen LogP contribution in [0.25, 0.3) is 22.3 Å². The summed E-state index contributed by atoms with van der Waals surface area (Å²) >= 11 is 5.12. The summed E-state index contributed by atoms with van der Waals surface area (Å²) in [5, 5.41) is 5.09. The zero-order valence-corrected chi connectivity index (χ0v) is 40.2. The molecule has 3 fully saturated rings. The van der Waals surface area contributed by atoms with Gasteiger partial charge >= 0.3 is 5.97 Å². The van der Waals surface area contributed by atoms with Crippen LogP contribution < -0.4 is 14.8 Å². The van der Waals surface area contributed by atoms with Gasteiger partial charge in [0.15, 0.2) is 10.9 Å². The second-order valence-corrected chi connectivity index (χ2v) is 22.5. The highest BCUT2D eigenvalue weighted by molar-refractivity contribution is 9.10. The van der Waals surface area contributed by atoms with Gasteiger partial charge in [0.05, 0.1) is 53.1 Å². The van der Waals surface area contributed by atoms with Crippen molar-refractivity contribution in [3.05, 3.63) is 75.6 Å². The monoisotopic (exact) mass is 996 g/mol. The SMILES string of the molecule is COc1ccc2c(O[C@@H]3C[C@H]4C(=O)C[C@]5(P(=O)(O)Cc6c(F)cccc6F)C[C@@H]5/C=C\CCCCC[C@H](CC(=O)OC5CCCC5)C(=O)N4C3)cc(-c3csc(NC(C)C)n3)nc2c1Br. The molecular formula is C48H56BrF2N4O8PS. The lowest BCUT2D eigenvalue weighted by molar-refractivity contribution is -0.154. The minimum atomic E-state index is -4.48. The Balaban J connectivity index is 1.15. The van der Waals surface area contributed by atoms with E-state index < -0.39 is 78.0 Å². The van der Waals surface area contributed by atoms with Crippen molar-refractivity contribution < 1.29 is 46.8 Å². The number of hydrogen-bond acceptors (Lipinski definition) is 11. The zero-order chi connectivity index (χ0) is 46.0. The number of hydrogen-bond donors (Lipinski definition) is 2. The number of methoxy groups -OCH3 is 1. The number of pyridine rings is 1. The first-order chi connectivity index (χ1) is 31.2. The average molecular weight is 998 g/mol. The fourth-order valence-corrected chi connectivity index (χ4v) is 13.7. The Morgan fingerprint density at radius 1 is 1.03 bits per heavy atom. The number of benzene rings is 2. The number of ketones is 1. The molecule has 2 N–H and O–H groups in total. The Bertz CT molecular complexity index is 2500. The number of carbonyl (C=O) groups is 3. The fraction of sp³-hybridized carbons (Fsp3) is 0.521. The number of Topliss-reactive ketones (excluding diaryl/α,β-unsaturated/α-hetero) is 1. The van der Waals surface area contributed by atoms with Gasteiger partial charge in [-0.2, -0.15) is 0 Å². The molecule has 1 saturated heterocycles. The lowest BCUT2D eigenvalue weighted by atomic mass is 9.94. The standard InChI is InChI=1S/C48H56BrF2N4O8PS/c1-28(2)52-47-54-38(27-65-47)37-22-42(33-18-19-41(61-3)44(49)45(33)53-37)62-32-21-39-40(56)24-48(64(59,60)26-34-35(50)16-11-17-36(34)51)23-30(48)13-8-6-4-5-7-12-29(46(58)55(39)25-32)20-43(57)63-31-14-9-10-15-31/h8,11,13,16-19,22,27-32,39H,4-7,9-10,12,14-15,20-21,23-26H2,1-3H3,(H,52,54)(H,59,60)/b13-8-/t29-,30+,32-,39+,48-/m1/s1. The molecule has 12 nitrogen and oxygen atoms in total. The Kier molecular flexibility index (Phi) is 14.5. The van der Waals surface area contributed by atoms with E-state index in [9.17, 15) is 32.6 Å². The summed E-state index contributed by atoms with van der Waals surface area (Å²) in [7, 11) is -2.92. The smallest absolute Gasteiger partial charge is 0.306 e. The van der Waals surface area contributed by atoms with Crippen LogP contribution in [0, 0.1) is 23.5 Å². The first-order valence-electron chi connectivity index (χ1n) is 22.7. The molecule has 4 aromatic rings. The third-order valence-electron chi connectivity index (χ3n) is 13.3. The number of esters is 1. The van der Waals surface area contributed by atoms with Gasteiger partial charge in [0.2, 0.25) is 13.3 Å². The number of amides is 1. The van der Waals surface area contributed by atoms with Gasteiger partial charge in [-0.25, -0.2) is 18.7 Å². The van der Waals surface area contributed by atoms with Crippen molar-refractivity contribution in [2.75, 3.05) is 19.0 Å². The molecule has 65 heavy (non-hydrogen) atoms. The van der Waals surface area contributed by atoms with Crippen LogP contribution in [0.3, 0.4) is 0 Å². The summed E-state index contributed by atoms with van der Waals surface area (Å²) in [5.74, 6) is -3.43. The molecule has 2 saturated carbocycles. The number of aromatic nitrogens is 2. The van der Waals surface area contributed by atoms with Crippen molar-refractivity contribution in [3.63, 3.8) is 0 Å². The summed E-state index contributed by atoms with van der Waals surface area (Å²) in [4.78, 5) is 66.5. The number of fused-ring (bicyclic) bond motifs is 3. The van der Waals surface area contributed by atoms with Crippen molar-refractivity contribution in [1.82, 2.24) is 14.9 Å². The summed E-state index contributed by atoms with van der Waals surface area (Å²) in [5.41, 5.74) is 1.18. The number of nitrogens with one attached hydrogen (secondary N) is 1. The molecule has 8 rings (SSSR count). The van der Waals surface area contributed by atoms with Crippen molar-refractivity contribution in [2.24, 2.45) is 11.8 Å². The number of allylic oxidation sites excluding steroid dienone is 2. The molecule has 1 unspecified atom stereocenters. The van der Waals surface area contributed by atoms with Crippen molar-refractivity contribution in [1.29, 1.82) is 0 Å². The lowest BCUT2D eigenvalue weighted by Gasteiger charge is -2.30. The summed E-state index contributed by atoms with van der Waals surface area (Å²) < 4.78 is 63.5. The maximum Gasteiger partial charge on any atom is 0.306 e. The Morgan fingerprint density at radius 2 is 1.78 bits per heavy atom. The number of halogens is 3. The molecule has 0 radical (unpaired) electrons. The van der Waals surface area contributed by atoms with Crippen LogP contribution >= 0.6 is 34.6 Å². The number of nitrogens with zero attached hydrogens (tertiary/aromatic N) is 3. The van der Waals surface area contributed by atoms with E-state index in [1.54, 1.807) is 19.2 Å². The molecule has 348 valence electrons. The van der Waals surface area contributed by atoms with E-state index in [1.165, 1.54) is 22.3 Å². The lowest BCUT2D eigenvalue weighted by Crippen LogP contribution is -2.45.